The van der Waals surface area contributed by atoms with Gasteiger partial charge in [0.15, 0.2) is 0 Å². The summed E-state index contributed by atoms with van der Waals surface area (Å²) in [5.74, 6) is -2.12. The summed E-state index contributed by atoms with van der Waals surface area (Å²) in [4.78, 5) is 29.3. The number of rotatable bonds is 3. The molecule has 0 aromatic heterocycles. The molecule has 3 aliphatic heterocycles. The molecule has 3 aliphatic rings. The number of anilines is 1. The highest BCUT2D eigenvalue weighted by molar-refractivity contribution is 6.31. The third-order valence-corrected chi connectivity index (χ3v) is 7.51. The molecular weight excluding hydrogens is 452 g/mol. The molecule has 0 aliphatic carbocycles. The molecule has 0 bridgehead atoms. The predicted octanol–water partition coefficient (Wildman–Crippen LogP) is 4.54. The Morgan fingerprint density at radius 1 is 1.22 bits per heavy atom. The Bertz CT molecular complexity index is 1120. The fourth-order valence-corrected chi connectivity index (χ4v) is 6.33. The standard InChI is InChI=1S/C24H24Cl2FN3O2/c1-12(2)11-30-18-8-9-28-22(31)19(18)20(14-4-3-5-16(26)21(14)27)24(30)15-7-6-13(25)10-17(15)29-23(24)32/h3-7,10,12,18-20H,8-9,11H2,1-2H3,(H,28,31)(H,29,32)/t18-,19+,20-,24+/m0/s1. The third kappa shape index (κ3) is 2.93. The van der Waals surface area contributed by atoms with Crippen LogP contribution in [-0.4, -0.2) is 35.8 Å². The summed E-state index contributed by atoms with van der Waals surface area (Å²) in [5.41, 5.74) is 0.364. The van der Waals surface area contributed by atoms with E-state index in [0.29, 0.717) is 30.2 Å². The zero-order valence-electron chi connectivity index (χ0n) is 17.8. The van der Waals surface area contributed by atoms with E-state index in [1.54, 1.807) is 24.3 Å². The van der Waals surface area contributed by atoms with E-state index in [1.807, 2.05) is 6.07 Å². The summed E-state index contributed by atoms with van der Waals surface area (Å²) < 4.78 is 15.5. The molecule has 8 heteroatoms. The van der Waals surface area contributed by atoms with E-state index in [0.717, 1.165) is 5.56 Å². The van der Waals surface area contributed by atoms with E-state index >= 15 is 4.39 Å². The van der Waals surface area contributed by atoms with Crippen molar-refractivity contribution in [3.63, 3.8) is 0 Å². The second kappa shape index (κ2) is 7.72. The molecule has 5 nitrogen and oxygen atoms in total. The van der Waals surface area contributed by atoms with E-state index in [9.17, 15) is 9.59 Å². The van der Waals surface area contributed by atoms with Crippen LogP contribution >= 0.6 is 23.2 Å². The zero-order valence-corrected chi connectivity index (χ0v) is 19.3. The van der Waals surface area contributed by atoms with Gasteiger partial charge in [0.25, 0.3) is 0 Å². The maximum atomic E-state index is 15.5. The van der Waals surface area contributed by atoms with E-state index in [1.165, 1.54) is 6.07 Å². The first-order valence-electron chi connectivity index (χ1n) is 10.9. The van der Waals surface area contributed by atoms with Crippen LogP contribution < -0.4 is 10.6 Å². The van der Waals surface area contributed by atoms with Gasteiger partial charge in [0.1, 0.15) is 11.4 Å². The van der Waals surface area contributed by atoms with Crippen molar-refractivity contribution in [2.45, 2.75) is 37.8 Å². The fourth-order valence-electron chi connectivity index (χ4n) is 5.98. The highest BCUT2D eigenvalue weighted by Crippen LogP contribution is 2.61. The van der Waals surface area contributed by atoms with Gasteiger partial charge in [-0.1, -0.05) is 55.2 Å². The van der Waals surface area contributed by atoms with Crippen LogP contribution in [0.15, 0.2) is 36.4 Å². The van der Waals surface area contributed by atoms with Crippen LogP contribution in [0.3, 0.4) is 0 Å². The number of hydrogen-bond donors (Lipinski definition) is 2. The molecule has 0 unspecified atom stereocenters. The number of hydrogen-bond acceptors (Lipinski definition) is 3. The van der Waals surface area contributed by atoms with Gasteiger partial charge in [0.2, 0.25) is 11.8 Å². The second-order valence-electron chi connectivity index (χ2n) is 9.25. The first-order valence-corrected chi connectivity index (χ1v) is 11.6. The maximum absolute atomic E-state index is 15.5. The van der Waals surface area contributed by atoms with Crippen molar-refractivity contribution in [2.75, 3.05) is 18.4 Å². The second-order valence-corrected chi connectivity index (χ2v) is 10.1. The van der Waals surface area contributed by atoms with Gasteiger partial charge in [-0.15, -0.1) is 0 Å². The molecule has 2 aromatic carbocycles. The number of likely N-dealkylation sites (tertiary alicyclic amines) is 1. The van der Waals surface area contributed by atoms with Crippen LogP contribution in [-0.2, 0) is 15.1 Å². The number of carbonyl (C=O) groups is 2. The molecule has 168 valence electrons. The van der Waals surface area contributed by atoms with Crippen molar-refractivity contribution >= 4 is 40.7 Å². The van der Waals surface area contributed by atoms with Crippen LogP contribution in [0.4, 0.5) is 10.1 Å². The topological polar surface area (TPSA) is 61.4 Å². The number of halogens is 3. The number of amides is 2. The molecule has 2 saturated heterocycles. The smallest absolute Gasteiger partial charge is 0.250 e. The fraction of sp³-hybridized carbons (Fsp3) is 0.417. The summed E-state index contributed by atoms with van der Waals surface area (Å²) >= 11 is 12.4. The maximum Gasteiger partial charge on any atom is 0.250 e. The number of piperidine rings is 1. The number of nitrogens with zero attached hydrogens (tertiary/aromatic N) is 1. The lowest BCUT2D eigenvalue weighted by atomic mass is 9.70. The van der Waals surface area contributed by atoms with Gasteiger partial charge in [0.05, 0.1) is 10.9 Å². The lowest BCUT2D eigenvalue weighted by molar-refractivity contribution is -0.128. The lowest BCUT2D eigenvalue weighted by Crippen LogP contribution is -2.54. The van der Waals surface area contributed by atoms with Gasteiger partial charge in [-0.05, 0) is 36.1 Å². The van der Waals surface area contributed by atoms with Crippen molar-refractivity contribution in [3.8, 4) is 0 Å². The minimum Gasteiger partial charge on any atom is -0.356 e. The molecule has 3 heterocycles. The SMILES string of the molecule is CC(C)CN1[C@H]2CCNC(=O)[C@H]2[C@H](c2cccc(Cl)c2F)[C@]12C(=O)Nc1cc(Cl)ccc12. The summed E-state index contributed by atoms with van der Waals surface area (Å²) in [6.45, 7) is 5.26. The van der Waals surface area contributed by atoms with Crippen LogP contribution in [0.25, 0.3) is 0 Å². The van der Waals surface area contributed by atoms with Gasteiger partial charge in [0, 0.05) is 41.3 Å². The van der Waals surface area contributed by atoms with Crippen LogP contribution in [0, 0.1) is 17.7 Å². The molecule has 2 amide bonds. The average molecular weight is 476 g/mol. The highest BCUT2D eigenvalue weighted by Gasteiger charge is 2.68. The molecule has 2 fully saturated rings. The molecule has 0 saturated carbocycles. The average Bonchev–Trinajstić information content (AvgIpc) is 3.17. The molecule has 32 heavy (non-hydrogen) atoms. The quantitative estimate of drug-likeness (QED) is 0.684. The van der Waals surface area contributed by atoms with Crippen molar-refractivity contribution in [2.24, 2.45) is 11.8 Å². The van der Waals surface area contributed by atoms with Crippen LogP contribution in [0.1, 0.15) is 37.3 Å². The van der Waals surface area contributed by atoms with Crippen molar-refractivity contribution in [1.82, 2.24) is 10.2 Å². The Morgan fingerprint density at radius 2 is 2.00 bits per heavy atom. The lowest BCUT2D eigenvalue weighted by Gasteiger charge is -2.40. The summed E-state index contributed by atoms with van der Waals surface area (Å²) in [6.07, 6.45) is 0.680. The normalized spacial score (nSPS) is 29.2. The van der Waals surface area contributed by atoms with Gasteiger partial charge >= 0.3 is 0 Å². The third-order valence-electron chi connectivity index (χ3n) is 6.98. The molecular formula is C24H24Cl2FN3O2. The van der Waals surface area contributed by atoms with E-state index < -0.39 is 23.2 Å². The monoisotopic (exact) mass is 475 g/mol. The van der Waals surface area contributed by atoms with Gasteiger partial charge in [-0.3, -0.25) is 14.5 Å². The van der Waals surface area contributed by atoms with Crippen molar-refractivity contribution in [3.05, 3.63) is 63.4 Å². The summed E-state index contributed by atoms with van der Waals surface area (Å²) in [6, 6.07) is 9.87. The van der Waals surface area contributed by atoms with Gasteiger partial charge in [-0.2, -0.15) is 0 Å². The first kappa shape index (κ1) is 21.7. The molecule has 5 rings (SSSR count). The molecule has 2 N–H and O–H groups in total. The Labute approximate surface area is 196 Å². The minimum absolute atomic E-state index is 0.0255. The first-order chi connectivity index (χ1) is 15.3. The van der Waals surface area contributed by atoms with E-state index in [4.69, 9.17) is 23.2 Å². The Balaban J connectivity index is 1.84. The van der Waals surface area contributed by atoms with Gasteiger partial charge in [-0.25, -0.2) is 4.39 Å². The zero-order chi connectivity index (χ0) is 22.8. The van der Waals surface area contributed by atoms with Crippen LogP contribution in [0.2, 0.25) is 10.0 Å². The largest absolute Gasteiger partial charge is 0.356 e. The van der Waals surface area contributed by atoms with E-state index in [2.05, 4.69) is 29.4 Å². The highest BCUT2D eigenvalue weighted by atomic mass is 35.5. The number of carbonyl (C=O) groups excluding carboxylic acids is 2. The summed E-state index contributed by atoms with van der Waals surface area (Å²) in [5, 5.41) is 6.39. The number of benzene rings is 2. The number of fused-ring (bicyclic) bond motifs is 3. The van der Waals surface area contributed by atoms with E-state index in [-0.39, 0.29) is 34.4 Å². The van der Waals surface area contributed by atoms with Crippen molar-refractivity contribution in [1.29, 1.82) is 0 Å². The molecule has 0 radical (unpaired) electrons. The number of nitrogens with one attached hydrogen (secondary N) is 2. The Hall–Kier alpha value is -2.15. The molecule has 4 atom stereocenters. The Kier molecular flexibility index (Phi) is 5.23. The van der Waals surface area contributed by atoms with Crippen LogP contribution in [0.5, 0.6) is 0 Å². The van der Waals surface area contributed by atoms with Gasteiger partial charge < -0.3 is 10.6 Å². The van der Waals surface area contributed by atoms with Crippen molar-refractivity contribution < 1.29 is 14.0 Å². The predicted molar refractivity (Wildman–Crippen MR) is 122 cm³/mol. The molecule has 1 spiro atoms. The molecule has 2 aromatic rings. The summed E-state index contributed by atoms with van der Waals surface area (Å²) in [7, 11) is 0. The minimum atomic E-state index is -1.24. The Morgan fingerprint density at radius 3 is 2.75 bits per heavy atom.